The second kappa shape index (κ2) is 5.39. The van der Waals surface area contributed by atoms with E-state index < -0.39 is 36.1 Å². The Bertz CT molecular complexity index is 317. The van der Waals surface area contributed by atoms with Crippen LogP contribution in [0.1, 0.15) is 6.92 Å². The van der Waals surface area contributed by atoms with E-state index >= 15 is 0 Å². The van der Waals surface area contributed by atoms with Crippen LogP contribution in [0.5, 0.6) is 0 Å². The lowest BCUT2D eigenvalue weighted by Crippen LogP contribution is -2.78. The van der Waals surface area contributed by atoms with Crippen LogP contribution in [0.25, 0.3) is 0 Å². The zero-order valence-corrected chi connectivity index (χ0v) is 8.96. The van der Waals surface area contributed by atoms with Gasteiger partial charge in [-0.3, -0.25) is 10.7 Å². The maximum absolute atomic E-state index is 12.1. The molecule has 0 bridgehead atoms. The Hall–Kier alpha value is -1.25. The number of quaternary nitrogens is 1. The predicted octanol–water partition coefficient (Wildman–Crippen LogP) is 1.57. The molecule has 0 aliphatic heterocycles. The molecular weight excluding hydrogens is 254 g/mol. The van der Waals surface area contributed by atoms with Gasteiger partial charge in [0.05, 0.1) is 12.6 Å². The van der Waals surface area contributed by atoms with Crippen LogP contribution in [0.2, 0.25) is 0 Å². The fraction of sp³-hybridized carbons (Fsp3) is 0.625. The van der Waals surface area contributed by atoms with Gasteiger partial charge in [0, 0.05) is 0 Å². The summed E-state index contributed by atoms with van der Waals surface area (Å²) in [6.45, 7) is -0.823. The van der Waals surface area contributed by atoms with Crippen LogP contribution in [-0.2, 0) is 4.74 Å². The Morgan fingerprint density at radius 2 is 1.65 bits per heavy atom. The smallest absolute Gasteiger partial charge is 0.433 e. The van der Waals surface area contributed by atoms with Gasteiger partial charge in [-0.25, -0.2) is 0 Å². The van der Waals surface area contributed by atoms with Crippen LogP contribution in [0.15, 0.2) is 11.5 Å². The van der Waals surface area contributed by atoms with Crippen LogP contribution in [-0.4, -0.2) is 31.7 Å². The minimum atomic E-state index is -4.92. The second-order valence-corrected chi connectivity index (χ2v) is 3.05. The molecule has 0 atom stereocenters. The van der Waals surface area contributed by atoms with E-state index in [0.29, 0.717) is 0 Å². The summed E-state index contributed by atoms with van der Waals surface area (Å²) in [4.78, 5) is 0. The highest BCUT2D eigenvalue weighted by atomic mass is 19.4. The first-order valence-electron chi connectivity index (χ1n) is 4.35. The Kier molecular flexibility index (Phi) is 4.99. The molecule has 0 unspecified atom stereocenters. The summed E-state index contributed by atoms with van der Waals surface area (Å²) in [5.41, 5.74) is -2.42. The van der Waals surface area contributed by atoms with Crippen molar-refractivity contribution in [2.75, 3.05) is 13.7 Å². The van der Waals surface area contributed by atoms with Gasteiger partial charge in [-0.2, -0.15) is 26.3 Å². The van der Waals surface area contributed by atoms with Crippen LogP contribution in [0.3, 0.4) is 0 Å². The Labute approximate surface area is 92.9 Å². The minimum Gasteiger partial charge on any atom is -0.442 e. The molecule has 3 N–H and O–H groups in total. The second-order valence-electron chi connectivity index (χ2n) is 3.05. The van der Waals surface area contributed by atoms with Crippen LogP contribution in [0.4, 0.5) is 26.3 Å². The van der Waals surface area contributed by atoms with Crippen molar-refractivity contribution in [3.8, 4) is 0 Å². The number of ether oxygens (including phenoxy) is 1. The molecule has 0 aliphatic rings. The lowest BCUT2D eigenvalue weighted by atomic mass is 10.2. The SMILES string of the molecule is C[NH2+]C(OCC(F)(F)F)=C(C)C(=N)C(F)(F)F. The average molecular weight is 265 g/mol. The van der Waals surface area contributed by atoms with Crippen molar-refractivity contribution in [3.63, 3.8) is 0 Å². The van der Waals surface area contributed by atoms with Crippen LogP contribution >= 0.6 is 0 Å². The van der Waals surface area contributed by atoms with Crippen molar-refractivity contribution in [2.45, 2.75) is 19.3 Å². The number of rotatable bonds is 4. The highest BCUT2D eigenvalue weighted by Gasteiger charge is 2.38. The molecule has 17 heavy (non-hydrogen) atoms. The normalized spacial score (nSPS) is 14.4. The summed E-state index contributed by atoms with van der Waals surface area (Å²) in [6.07, 6.45) is -9.56. The van der Waals surface area contributed by atoms with Gasteiger partial charge in [0.1, 0.15) is 5.71 Å². The van der Waals surface area contributed by atoms with Gasteiger partial charge < -0.3 is 4.74 Å². The average Bonchev–Trinajstić information content (AvgIpc) is 2.14. The Morgan fingerprint density at radius 3 is 1.94 bits per heavy atom. The number of nitrogens with two attached hydrogens (primary N) is 1. The zero-order valence-electron chi connectivity index (χ0n) is 8.96. The summed E-state index contributed by atoms with van der Waals surface area (Å²) in [7, 11) is 1.22. The topological polar surface area (TPSA) is 49.7 Å². The van der Waals surface area contributed by atoms with E-state index in [9.17, 15) is 26.3 Å². The molecule has 0 aliphatic carbocycles. The van der Waals surface area contributed by atoms with Gasteiger partial charge >= 0.3 is 12.4 Å². The molecule has 0 radical (unpaired) electrons. The molecule has 0 aromatic rings. The van der Waals surface area contributed by atoms with Crippen molar-refractivity contribution < 1.29 is 36.4 Å². The first-order chi connectivity index (χ1) is 7.49. The van der Waals surface area contributed by atoms with E-state index in [2.05, 4.69) is 4.74 Å². The summed E-state index contributed by atoms with van der Waals surface area (Å²) >= 11 is 0. The molecule has 0 heterocycles. The molecule has 0 saturated heterocycles. The van der Waals surface area contributed by atoms with Gasteiger partial charge in [-0.05, 0) is 6.92 Å². The third kappa shape index (κ3) is 5.57. The lowest BCUT2D eigenvalue weighted by molar-refractivity contribution is -0.607. The quantitative estimate of drug-likeness (QED) is 0.452. The van der Waals surface area contributed by atoms with Crippen molar-refractivity contribution in [1.29, 1.82) is 5.41 Å². The molecule has 0 aromatic heterocycles. The number of halogens is 6. The first kappa shape index (κ1) is 15.8. The molecule has 0 spiro atoms. The third-order valence-electron chi connectivity index (χ3n) is 1.68. The zero-order chi connectivity index (χ0) is 13.9. The van der Waals surface area contributed by atoms with Crippen molar-refractivity contribution >= 4 is 5.71 Å². The maximum atomic E-state index is 12.1. The van der Waals surface area contributed by atoms with E-state index in [1.807, 2.05) is 0 Å². The molecule has 3 nitrogen and oxygen atoms in total. The van der Waals surface area contributed by atoms with E-state index in [0.717, 1.165) is 12.2 Å². The van der Waals surface area contributed by atoms with Crippen molar-refractivity contribution in [1.82, 2.24) is 0 Å². The Morgan fingerprint density at radius 1 is 1.18 bits per heavy atom. The summed E-state index contributed by atoms with van der Waals surface area (Å²) in [5.74, 6) is -0.607. The largest absolute Gasteiger partial charge is 0.442 e. The molecule has 9 heteroatoms. The fourth-order valence-electron chi connectivity index (χ4n) is 0.903. The highest BCUT2D eigenvalue weighted by molar-refractivity contribution is 6.01. The van der Waals surface area contributed by atoms with Gasteiger partial charge in [0.2, 0.25) is 0 Å². The van der Waals surface area contributed by atoms with Crippen LogP contribution < -0.4 is 5.32 Å². The molecule has 0 amide bonds. The standard InChI is InChI=1S/C8H10F6N2O/c1-4(5(15)8(12,13)14)6(16-2)17-3-7(9,10)11/h15-16H,3H2,1-2H3/p+1. The Balaban J connectivity index is 4.89. The number of allylic oxidation sites excluding steroid dienone is 1. The third-order valence-corrected chi connectivity index (χ3v) is 1.68. The molecule has 0 aromatic carbocycles. The molecule has 0 rings (SSSR count). The van der Waals surface area contributed by atoms with Gasteiger partial charge in [0.15, 0.2) is 6.61 Å². The van der Waals surface area contributed by atoms with E-state index in [-0.39, 0.29) is 0 Å². The maximum Gasteiger partial charge on any atom is 0.433 e. The van der Waals surface area contributed by atoms with Gasteiger partial charge in [-0.15, -0.1) is 0 Å². The first-order valence-corrected chi connectivity index (χ1v) is 4.35. The monoisotopic (exact) mass is 265 g/mol. The molecule has 0 fully saturated rings. The fourth-order valence-corrected chi connectivity index (χ4v) is 0.903. The van der Waals surface area contributed by atoms with Crippen LogP contribution in [0, 0.1) is 5.41 Å². The number of hydrogen-bond acceptors (Lipinski definition) is 2. The predicted molar refractivity (Wildman–Crippen MR) is 46.3 cm³/mol. The summed E-state index contributed by atoms with van der Waals surface area (Å²) < 4.78 is 76.0. The number of hydrogen-bond donors (Lipinski definition) is 2. The number of nitrogens with one attached hydrogen (secondary N) is 1. The summed E-state index contributed by atoms with van der Waals surface area (Å²) in [5, 5.41) is 7.70. The minimum absolute atomic E-state index is 0.607. The molecular formula is C8H11F6N2O+. The highest BCUT2D eigenvalue weighted by Crippen LogP contribution is 2.22. The lowest BCUT2D eigenvalue weighted by Gasteiger charge is -2.13. The molecule has 100 valence electrons. The van der Waals surface area contributed by atoms with Crippen molar-refractivity contribution in [3.05, 3.63) is 11.5 Å². The van der Waals surface area contributed by atoms with Gasteiger partial charge in [0.25, 0.3) is 5.88 Å². The molecule has 0 saturated carbocycles. The van der Waals surface area contributed by atoms with Gasteiger partial charge in [-0.1, -0.05) is 0 Å². The van der Waals surface area contributed by atoms with E-state index in [1.54, 1.807) is 0 Å². The summed E-state index contributed by atoms with van der Waals surface area (Å²) in [6, 6.07) is 0. The van der Waals surface area contributed by atoms with E-state index in [4.69, 9.17) is 5.41 Å². The van der Waals surface area contributed by atoms with Crippen molar-refractivity contribution in [2.24, 2.45) is 0 Å². The van der Waals surface area contributed by atoms with E-state index in [1.165, 1.54) is 7.05 Å². The number of alkyl halides is 6.